The monoisotopic (exact) mass is 380 g/mol. The van der Waals surface area contributed by atoms with Crippen molar-refractivity contribution in [3.63, 3.8) is 0 Å². The van der Waals surface area contributed by atoms with Crippen LogP contribution in [0.3, 0.4) is 0 Å². The molecule has 4 unspecified atom stereocenters. The standard InChI is InChI=1S/C22H36.5CH4/c1-7-20(4)12-8-13-21(5)19-10-9-17(16(2)3)15-18(19)11-14-22(20,21)6;;;;;/h9,15-16,19H,7-8,10-14H2,1-6H3;5*1H4. The predicted molar refractivity (Wildman–Crippen MR) is 130 cm³/mol. The van der Waals surface area contributed by atoms with Gasteiger partial charge in [-0.05, 0) is 65.8 Å². The van der Waals surface area contributed by atoms with Crippen LogP contribution < -0.4 is 0 Å². The van der Waals surface area contributed by atoms with Crippen LogP contribution in [-0.2, 0) is 0 Å². The smallest absolute Gasteiger partial charge is 0.0106 e. The van der Waals surface area contributed by atoms with Crippen molar-refractivity contribution in [3.05, 3.63) is 23.3 Å². The van der Waals surface area contributed by atoms with Crippen molar-refractivity contribution < 1.29 is 0 Å². The highest BCUT2D eigenvalue weighted by Crippen LogP contribution is 2.70. The van der Waals surface area contributed by atoms with Crippen LogP contribution in [0.25, 0.3) is 0 Å². The van der Waals surface area contributed by atoms with Gasteiger partial charge in [0.25, 0.3) is 0 Å². The molecule has 0 radical (unpaired) electrons. The average molecular weight is 381 g/mol. The summed E-state index contributed by atoms with van der Waals surface area (Å²) in [5.41, 5.74) is 4.92. The third kappa shape index (κ3) is 4.25. The minimum absolute atomic E-state index is 0. The number of fused-ring (bicyclic) bond motifs is 3. The molecule has 0 aliphatic heterocycles. The maximum absolute atomic E-state index is 2.65. The molecular weight excluding hydrogens is 324 g/mol. The zero-order chi connectivity index (χ0) is 16.2. The zero-order valence-electron chi connectivity index (χ0n) is 15.8. The molecule has 0 saturated heterocycles. The summed E-state index contributed by atoms with van der Waals surface area (Å²) < 4.78 is 0. The first-order chi connectivity index (χ1) is 10.3. The van der Waals surface area contributed by atoms with Crippen molar-refractivity contribution in [2.24, 2.45) is 28.1 Å². The largest absolute Gasteiger partial charge is 0.0804 e. The van der Waals surface area contributed by atoms with Crippen molar-refractivity contribution in [1.29, 1.82) is 0 Å². The molecule has 0 aromatic carbocycles. The molecule has 27 heavy (non-hydrogen) atoms. The highest BCUT2D eigenvalue weighted by atomic mass is 14.7. The molecule has 4 atom stereocenters. The summed E-state index contributed by atoms with van der Waals surface area (Å²) in [7, 11) is 0. The van der Waals surface area contributed by atoms with E-state index in [0.717, 1.165) is 5.92 Å². The molecule has 0 N–H and O–H groups in total. The minimum Gasteiger partial charge on any atom is -0.0804 e. The third-order valence-electron chi connectivity index (χ3n) is 8.54. The molecule has 0 aromatic heterocycles. The lowest BCUT2D eigenvalue weighted by molar-refractivity contribution is -0.145. The molecule has 2 saturated carbocycles. The lowest BCUT2D eigenvalue weighted by Crippen LogP contribution is -2.58. The number of hydrogen-bond donors (Lipinski definition) is 0. The van der Waals surface area contributed by atoms with Crippen molar-refractivity contribution in [1.82, 2.24) is 0 Å². The molecule has 0 amide bonds. The summed E-state index contributed by atoms with van der Waals surface area (Å²) in [6.45, 7) is 15.0. The van der Waals surface area contributed by atoms with Gasteiger partial charge in [-0.3, -0.25) is 0 Å². The van der Waals surface area contributed by atoms with E-state index in [1.54, 1.807) is 11.1 Å². The van der Waals surface area contributed by atoms with E-state index in [0.29, 0.717) is 22.2 Å². The topological polar surface area (TPSA) is 0 Å². The van der Waals surface area contributed by atoms with Crippen molar-refractivity contribution >= 4 is 0 Å². The number of rotatable bonds is 2. The maximum Gasteiger partial charge on any atom is -0.0106 e. The van der Waals surface area contributed by atoms with Crippen LogP contribution >= 0.6 is 0 Å². The first-order valence-corrected chi connectivity index (χ1v) is 9.68. The van der Waals surface area contributed by atoms with E-state index in [9.17, 15) is 0 Å². The first kappa shape index (κ1) is 31.2. The third-order valence-corrected chi connectivity index (χ3v) is 8.54. The van der Waals surface area contributed by atoms with E-state index < -0.39 is 0 Å². The molecule has 2 fully saturated rings. The van der Waals surface area contributed by atoms with Crippen LogP contribution in [0.2, 0.25) is 0 Å². The Morgan fingerprint density at radius 2 is 1.56 bits per heavy atom. The Hall–Kier alpha value is -0.520. The Balaban J connectivity index is -0.00000115. The van der Waals surface area contributed by atoms with Gasteiger partial charge < -0.3 is 0 Å². The molecule has 0 heteroatoms. The molecule has 0 nitrogen and oxygen atoms in total. The molecule has 164 valence electrons. The Bertz CT molecular complexity index is 508. The second kappa shape index (κ2) is 10.3. The second-order valence-electron chi connectivity index (χ2n) is 9.38. The fourth-order valence-corrected chi connectivity index (χ4v) is 6.29. The molecule has 0 heterocycles. The zero-order valence-corrected chi connectivity index (χ0v) is 15.8. The second-order valence-corrected chi connectivity index (χ2v) is 9.38. The first-order valence-electron chi connectivity index (χ1n) is 9.68. The van der Waals surface area contributed by atoms with E-state index in [1.165, 1.54) is 44.9 Å². The summed E-state index contributed by atoms with van der Waals surface area (Å²) in [6, 6.07) is 0. The van der Waals surface area contributed by atoms with Crippen LogP contribution in [0.5, 0.6) is 0 Å². The Labute approximate surface area is 175 Å². The lowest BCUT2D eigenvalue weighted by atomic mass is 9.38. The van der Waals surface area contributed by atoms with E-state index in [4.69, 9.17) is 0 Å². The van der Waals surface area contributed by atoms with Crippen LogP contribution in [-0.4, -0.2) is 0 Å². The SMILES string of the molecule is C.C.C.C.C.CCC1(C)CCCC2(C)C3CC=C(C(C)C)C=C3CCC12C. The van der Waals surface area contributed by atoms with Crippen LogP contribution in [0.4, 0.5) is 0 Å². The Morgan fingerprint density at radius 3 is 2.07 bits per heavy atom. The van der Waals surface area contributed by atoms with Gasteiger partial charge >= 0.3 is 0 Å². The normalized spacial score (nSPS) is 36.6. The maximum atomic E-state index is 2.65. The summed E-state index contributed by atoms with van der Waals surface area (Å²) in [6.07, 6.45) is 14.8. The van der Waals surface area contributed by atoms with Crippen molar-refractivity contribution in [2.75, 3.05) is 0 Å². The van der Waals surface area contributed by atoms with E-state index in [1.807, 2.05) is 0 Å². The van der Waals surface area contributed by atoms with Gasteiger partial charge in [-0.15, -0.1) is 0 Å². The lowest BCUT2D eigenvalue weighted by Gasteiger charge is -2.66. The number of hydrogen-bond acceptors (Lipinski definition) is 0. The van der Waals surface area contributed by atoms with E-state index in [2.05, 4.69) is 53.7 Å². The van der Waals surface area contributed by atoms with Gasteiger partial charge in [-0.2, -0.15) is 0 Å². The molecule has 3 aliphatic carbocycles. The molecule has 0 bridgehead atoms. The molecule has 3 rings (SSSR count). The summed E-state index contributed by atoms with van der Waals surface area (Å²) in [4.78, 5) is 0. The van der Waals surface area contributed by atoms with Gasteiger partial charge in [-0.1, -0.05) is 109 Å². The van der Waals surface area contributed by atoms with Gasteiger partial charge in [0.1, 0.15) is 0 Å². The fourth-order valence-electron chi connectivity index (χ4n) is 6.29. The van der Waals surface area contributed by atoms with Crippen molar-refractivity contribution in [3.8, 4) is 0 Å². The van der Waals surface area contributed by atoms with Gasteiger partial charge in [-0.25, -0.2) is 0 Å². The van der Waals surface area contributed by atoms with E-state index in [-0.39, 0.29) is 37.1 Å². The van der Waals surface area contributed by atoms with Crippen LogP contribution in [0.15, 0.2) is 23.3 Å². The van der Waals surface area contributed by atoms with Gasteiger partial charge in [0.2, 0.25) is 0 Å². The summed E-state index contributed by atoms with van der Waals surface area (Å²) >= 11 is 0. The quantitative estimate of drug-likeness (QED) is 0.447. The van der Waals surface area contributed by atoms with Crippen molar-refractivity contribution in [2.45, 2.75) is 124 Å². The Kier molecular flexibility index (Phi) is 11.9. The fraction of sp³-hybridized carbons (Fsp3) is 0.852. The average Bonchev–Trinajstić information content (AvgIpc) is 2.49. The van der Waals surface area contributed by atoms with Gasteiger partial charge in [0.15, 0.2) is 0 Å². The minimum atomic E-state index is 0. The molecule has 3 aliphatic rings. The van der Waals surface area contributed by atoms with Crippen LogP contribution in [0.1, 0.15) is 124 Å². The van der Waals surface area contributed by atoms with Gasteiger partial charge in [0, 0.05) is 0 Å². The molecule has 0 aromatic rings. The predicted octanol–water partition coefficient (Wildman–Crippen LogP) is 10.1. The number of allylic oxidation sites excluding steroid dienone is 4. The van der Waals surface area contributed by atoms with Gasteiger partial charge in [0.05, 0.1) is 0 Å². The Morgan fingerprint density at radius 1 is 0.963 bits per heavy atom. The van der Waals surface area contributed by atoms with E-state index >= 15 is 0 Å². The molecular formula is C27H56. The summed E-state index contributed by atoms with van der Waals surface area (Å²) in [5, 5.41) is 0. The molecule has 0 spiro atoms. The highest BCUT2D eigenvalue weighted by molar-refractivity contribution is 5.35. The summed E-state index contributed by atoms with van der Waals surface area (Å²) in [5.74, 6) is 1.49. The van der Waals surface area contributed by atoms with Crippen LogP contribution in [0, 0.1) is 28.1 Å². The highest BCUT2D eigenvalue weighted by Gasteiger charge is 2.61.